The van der Waals surface area contributed by atoms with Gasteiger partial charge in [-0.3, -0.25) is 0 Å². The highest BCUT2D eigenvalue weighted by atomic mass is 32.2. The van der Waals surface area contributed by atoms with Gasteiger partial charge in [0.15, 0.2) is 9.84 Å². The first-order valence-electron chi connectivity index (χ1n) is 6.80. The summed E-state index contributed by atoms with van der Waals surface area (Å²) in [5.74, 6) is -0.0281. The van der Waals surface area contributed by atoms with Gasteiger partial charge in [-0.25, -0.2) is 13.1 Å². The second-order valence-electron chi connectivity index (χ2n) is 5.27. The van der Waals surface area contributed by atoms with Crippen LogP contribution in [-0.2, 0) is 15.6 Å². The molecule has 22 heavy (non-hydrogen) atoms. The summed E-state index contributed by atoms with van der Waals surface area (Å²) >= 11 is 1.59. The molecule has 0 saturated heterocycles. The Kier molecular flexibility index (Phi) is 3.88. The van der Waals surface area contributed by atoms with Crippen molar-refractivity contribution in [3.63, 3.8) is 0 Å². The van der Waals surface area contributed by atoms with Gasteiger partial charge in [0.05, 0.1) is 22.0 Å². The smallest absolute Gasteiger partial charge is 0.153 e. The molecule has 0 bridgehead atoms. The van der Waals surface area contributed by atoms with E-state index in [1.165, 1.54) is 6.26 Å². The molecular formula is C16H16N2O2S2. The minimum Gasteiger partial charge on any atom is -0.236 e. The average molecular weight is 332 g/mol. The lowest BCUT2D eigenvalue weighted by Gasteiger charge is -2.09. The predicted molar refractivity (Wildman–Crippen MR) is 90.2 cm³/mol. The molecule has 0 N–H and O–H groups in total. The fourth-order valence-corrected chi connectivity index (χ4v) is 3.77. The third kappa shape index (κ3) is 3.13. The first-order chi connectivity index (χ1) is 10.4. The molecular weight excluding hydrogens is 316 g/mol. The molecule has 3 rings (SSSR count). The summed E-state index contributed by atoms with van der Waals surface area (Å²) in [5.41, 5.74) is 3.44. The van der Waals surface area contributed by atoms with Crippen LogP contribution in [0.25, 0.3) is 16.3 Å². The predicted octanol–water partition coefficient (Wildman–Crippen LogP) is 3.45. The molecule has 1 aromatic carbocycles. The van der Waals surface area contributed by atoms with Gasteiger partial charge in [-0.05, 0) is 36.1 Å². The van der Waals surface area contributed by atoms with E-state index in [0.717, 1.165) is 21.8 Å². The van der Waals surface area contributed by atoms with E-state index in [2.05, 4.69) is 5.10 Å². The second kappa shape index (κ2) is 5.70. The molecule has 0 aliphatic carbocycles. The zero-order chi connectivity index (χ0) is 15.7. The average Bonchev–Trinajstić information content (AvgIpc) is 3.06. The van der Waals surface area contributed by atoms with Gasteiger partial charge in [0.2, 0.25) is 0 Å². The van der Waals surface area contributed by atoms with E-state index >= 15 is 0 Å². The van der Waals surface area contributed by atoms with Crippen LogP contribution in [-0.4, -0.2) is 24.5 Å². The minimum atomic E-state index is -3.13. The fraction of sp³-hybridized carbons (Fsp3) is 0.188. The van der Waals surface area contributed by atoms with Crippen molar-refractivity contribution >= 4 is 21.2 Å². The third-order valence-corrected chi connectivity index (χ3v) is 5.02. The van der Waals surface area contributed by atoms with Crippen LogP contribution < -0.4 is 0 Å². The Morgan fingerprint density at radius 3 is 2.59 bits per heavy atom. The number of aryl methyl sites for hydroxylation is 1. The first-order valence-corrected chi connectivity index (χ1v) is 9.74. The SMILES string of the molecule is Cc1ccccc1-n1nc(-c2cccs2)cc1CS(C)(=O)=O. The molecule has 2 aromatic heterocycles. The quantitative estimate of drug-likeness (QED) is 0.735. The minimum absolute atomic E-state index is 0.0281. The van der Waals surface area contributed by atoms with Crippen molar-refractivity contribution in [2.45, 2.75) is 12.7 Å². The highest BCUT2D eigenvalue weighted by Crippen LogP contribution is 2.27. The number of rotatable bonds is 4. The highest BCUT2D eigenvalue weighted by molar-refractivity contribution is 7.89. The van der Waals surface area contributed by atoms with Crippen molar-refractivity contribution in [2.75, 3.05) is 6.26 Å². The van der Waals surface area contributed by atoms with Crippen LogP contribution in [0.2, 0.25) is 0 Å². The number of hydrogen-bond donors (Lipinski definition) is 0. The van der Waals surface area contributed by atoms with Crippen LogP contribution in [0.1, 0.15) is 11.3 Å². The first kappa shape index (κ1) is 15.0. The molecule has 114 valence electrons. The summed E-state index contributed by atoms with van der Waals surface area (Å²) in [7, 11) is -3.13. The van der Waals surface area contributed by atoms with Crippen LogP contribution in [0.3, 0.4) is 0 Å². The number of aromatic nitrogens is 2. The maximum Gasteiger partial charge on any atom is 0.153 e. The molecule has 0 spiro atoms. The largest absolute Gasteiger partial charge is 0.236 e. The molecule has 0 saturated carbocycles. The lowest BCUT2D eigenvalue weighted by molar-refractivity contribution is 0.599. The van der Waals surface area contributed by atoms with Crippen LogP contribution in [0, 0.1) is 6.92 Å². The molecule has 4 nitrogen and oxygen atoms in total. The molecule has 0 unspecified atom stereocenters. The summed E-state index contributed by atoms with van der Waals surface area (Å²) in [5, 5.41) is 6.62. The lowest BCUT2D eigenvalue weighted by atomic mass is 10.2. The number of nitrogens with zero attached hydrogens (tertiary/aromatic N) is 2. The molecule has 0 fully saturated rings. The molecule has 3 aromatic rings. The Hall–Kier alpha value is -1.92. The molecule has 0 radical (unpaired) electrons. The number of para-hydroxylation sites is 1. The number of sulfone groups is 1. The van der Waals surface area contributed by atoms with E-state index in [4.69, 9.17) is 0 Å². The van der Waals surface area contributed by atoms with Gasteiger partial charge in [0.1, 0.15) is 5.69 Å². The Morgan fingerprint density at radius 1 is 1.18 bits per heavy atom. The van der Waals surface area contributed by atoms with Crippen molar-refractivity contribution in [1.29, 1.82) is 0 Å². The number of hydrogen-bond acceptors (Lipinski definition) is 4. The Morgan fingerprint density at radius 2 is 1.95 bits per heavy atom. The topological polar surface area (TPSA) is 52.0 Å². The molecule has 0 atom stereocenters. The van der Waals surface area contributed by atoms with Crippen molar-refractivity contribution in [1.82, 2.24) is 9.78 Å². The van der Waals surface area contributed by atoms with Crippen LogP contribution >= 0.6 is 11.3 Å². The Balaban J connectivity index is 2.17. The van der Waals surface area contributed by atoms with Crippen molar-refractivity contribution in [3.8, 4) is 16.3 Å². The van der Waals surface area contributed by atoms with Crippen LogP contribution in [0.4, 0.5) is 0 Å². The summed E-state index contributed by atoms with van der Waals surface area (Å²) in [6.45, 7) is 1.99. The van der Waals surface area contributed by atoms with E-state index in [0.29, 0.717) is 5.69 Å². The Labute approximate surface area is 134 Å². The maximum absolute atomic E-state index is 11.7. The zero-order valence-corrected chi connectivity index (χ0v) is 14.0. The van der Waals surface area contributed by atoms with Gasteiger partial charge in [0, 0.05) is 6.26 Å². The second-order valence-corrected chi connectivity index (χ2v) is 8.35. The van der Waals surface area contributed by atoms with Gasteiger partial charge < -0.3 is 0 Å². The van der Waals surface area contributed by atoms with Gasteiger partial charge in [-0.1, -0.05) is 24.3 Å². The lowest BCUT2D eigenvalue weighted by Crippen LogP contribution is -2.09. The molecule has 0 aliphatic rings. The van der Waals surface area contributed by atoms with E-state index < -0.39 is 9.84 Å². The molecule has 6 heteroatoms. The fourth-order valence-electron chi connectivity index (χ4n) is 2.35. The van der Waals surface area contributed by atoms with E-state index in [1.807, 2.05) is 54.8 Å². The van der Waals surface area contributed by atoms with E-state index in [1.54, 1.807) is 16.0 Å². The summed E-state index contributed by atoms with van der Waals surface area (Å²) in [4.78, 5) is 1.03. The maximum atomic E-state index is 11.7. The standard InChI is InChI=1S/C16H16N2O2S2/c1-12-6-3-4-7-15(12)18-13(11-22(2,19)20)10-14(17-18)16-8-5-9-21-16/h3-10H,11H2,1-2H3. The van der Waals surface area contributed by atoms with E-state index in [-0.39, 0.29) is 5.75 Å². The van der Waals surface area contributed by atoms with Gasteiger partial charge >= 0.3 is 0 Å². The van der Waals surface area contributed by atoms with Crippen molar-refractivity contribution in [2.24, 2.45) is 0 Å². The summed E-state index contributed by atoms with van der Waals surface area (Å²) in [6, 6.07) is 13.6. The third-order valence-electron chi connectivity index (χ3n) is 3.31. The molecule has 0 aliphatic heterocycles. The zero-order valence-electron chi connectivity index (χ0n) is 12.4. The van der Waals surface area contributed by atoms with E-state index in [9.17, 15) is 8.42 Å². The van der Waals surface area contributed by atoms with Crippen molar-refractivity contribution in [3.05, 3.63) is 59.1 Å². The summed E-state index contributed by atoms with van der Waals surface area (Å²) < 4.78 is 25.2. The number of benzene rings is 1. The van der Waals surface area contributed by atoms with Gasteiger partial charge in [-0.15, -0.1) is 11.3 Å². The van der Waals surface area contributed by atoms with Gasteiger partial charge in [-0.2, -0.15) is 5.10 Å². The summed E-state index contributed by atoms with van der Waals surface area (Å²) in [6.07, 6.45) is 1.24. The Bertz CT molecular complexity index is 894. The monoisotopic (exact) mass is 332 g/mol. The number of thiophene rings is 1. The highest BCUT2D eigenvalue weighted by Gasteiger charge is 2.16. The van der Waals surface area contributed by atoms with Crippen molar-refractivity contribution < 1.29 is 8.42 Å². The van der Waals surface area contributed by atoms with Gasteiger partial charge in [0.25, 0.3) is 0 Å². The molecule has 0 amide bonds. The molecule has 2 heterocycles. The van der Waals surface area contributed by atoms with Crippen LogP contribution in [0.5, 0.6) is 0 Å². The normalized spacial score (nSPS) is 11.7. The van der Waals surface area contributed by atoms with Crippen LogP contribution in [0.15, 0.2) is 47.8 Å².